The summed E-state index contributed by atoms with van der Waals surface area (Å²) in [5.74, 6) is 2.84. The standard InChI is InChI=1S/C25H35N3O4/c29-22(27-20-5-8-28(9-6-20)23(30)21-3-2-10-32-21)4-1-7-26-24(31)25-14-17-11-18(15-25)13-19(12-17)16-25/h2-3,10,17-20H,1,4-9,11-16H2,(H,26,31)(H,27,29). The predicted octanol–water partition coefficient (Wildman–Crippen LogP) is 3.11. The van der Waals surface area contributed by atoms with Crippen molar-refractivity contribution in [1.29, 1.82) is 0 Å². The Balaban J connectivity index is 0.989. The highest BCUT2D eigenvalue weighted by Gasteiger charge is 2.54. The lowest BCUT2D eigenvalue weighted by Gasteiger charge is -2.55. The van der Waals surface area contributed by atoms with Crippen LogP contribution in [-0.2, 0) is 9.59 Å². The number of piperidine rings is 1. The Morgan fingerprint density at radius 3 is 2.28 bits per heavy atom. The van der Waals surface area contributed by atoms with Gasteiger partial charge in [0.2, 0.25) is 11.8 Å². The van der Waals surface area contributed by atoms with E-state index in [0.29, 0.717) is 38.2 Å². The van der Waals surface area contributed by atoms with Crippen molar-refractivity contribution >= 4 is 17.7 Å². The van der Waals surface area contributed by atoms with Crippen LogP contribution >= 0.6 is 0 Å². The summed E-state index contributed by atoms with van der Waals surface area (Å²) in [5, 5.41) is 6.26. The Morgan fingerprint density at radius 1 is 1.03 bits per heavy atom. The van der Waals surface area contributed by atoms with Gasteiger partial charge in [0.05, 0.1) is 6.26 Å². The van der Waals surface area contributed by atoms with E-state index in [1.54, 1.807) is 17.0 Å². The van der Waals surface area contributed by atoms with Crippen molar-refractivity contribution in [3.05, 3.63) is 24.2 Å². The first-order valence-electron chi connectivity index (χ1n) is 12.4. The van der Waals surface area contributed by atoms with Crippen LogP contribution in [0.1, 0.15) is 74.8 Å². The number of carbonyl (C=O) groups excluding carboxylic acids is 3. The molecule has 7 heteroatoms. The fourth-order valence-electron chi connectivity index (χ4n) is 7.11. The Morgan fingerprint density at radius 2 is 1.69 bits per heavy atom. The van der Waals surface area contributed by atoms with E-state index >= 15 is 0 Å². The average molecular weight is 442 g/mol. The molecule has 1 aromatic rings. The third-order valence-corrected chi connectivity index (χ3v) is 8.27. The first kappa shape index (κ1) is 21.5. The van der Waals surface area contributed by atoms with E-state index in [1.807, 2.05) is 0 Å². The number of rotatable bonds is 7. The van der Waals surface area contributed by atoms with E-state index in [-0.39, 0.29) is 29.2 Å². The van der Waals surface area contributed by atoms with Crippen LogP contribution in [0, 0.1) is 23.2 Å². The molecule has 0 radical (unpaired) electrons. The van der Waals surface area contributed by atoms with Gasteiger partial charge in [-0.15, -0.1) is 0 Å². The molecule has 32 heavy (non-hydrogen) atoms. The minimum atomic E-state index is -0.113. The second kappa shape index (κ2) is 8.91. The topological polar surface area (TPSA) is 91.7 Å². The molecule has 5 fully saturated rings. The number of carbonyl (C=O) groups is 3. The van der Waals surface area contributed by atoms with Gasteiger partial charge in [0.15, 0.2) is 5.76 Å². The van der Waals surface area contributed by atoms with Crippen LogP contribution < -0.4 is 10.6 Å². The molecule has 0 unspecified atom stereocenters. The number of likely N-dealkylation sites (tertiary alicyclic amines) is 1. The SMILES string of the molecule is O=C(CCCNC(=O)C12CC3CC(CC(C3)C1)C2)NC1CCN(C(=O)c2ccco2)CC1. The number of hydrogen-bond donors (Lipinski definition) is 2. The van der Waals surface area contributed by atoms with Crippen molar-refractivity contribution in [3.63, 3.8) is 0 Å². The van der Waals surface area contributed by atoms with E-state index in [4.69, 9.17) is 4.42 Å². The Labute approximate surface area is 189 Å². The molecular formula is C25H35N3O4. The molecule has 0 aromatic carbocycles. The maximum Gasteiger partial charge on any atom is 0.289 e. The van der Waals surface area contributed by atoms with Crippen molar-refractivity contribution in [1.82, 2.24) is 15.5 Å². The van der Waals surface area contributed by atoms with Gasteiger partial charge in [0.25, 0.3) is 5.91 Å². The third kappa shape index (κ3) is 4.44. The van der Waals surface area contributed by atoms with Crippen molar-refractivity contribution < 1.29 is 18.8 Å². The summed E-state index contributed by atoms with van der Waals surface area (Å²) in [7, 11) is 0. The highest BCUT2D eigenvalue weighted by atomic mass is 16.3. The smallest absolute Gasteiger partial charge is 0.289 e. The summed E-state index contributed by atoms with van der Waals surface area (Å²) >= 11 is 0. The Kier molecular flexibility index (Phi) is 5.99. The average Bonchev–Trinajstić information content (AvgIpc) is 3.31. The van der Waals surface area contributed by atoms with Crippen LogP contribution in [0.3, 0.4) is 0 Å². The molecule has 2 heterocycles. The first-order chi connectivity index (χ1) is 15.5. The number of nitrogens with one attached hydrogen (secondary N) is 2. The highest BCUT2D eigenvalue weighted by Crippen LogP contribution is 2.60. The Hall–Kier alpha value is -2.31. The Bertz CT molecular complexity index is 806. The molecule has 1 saturated heterocycles. The van der Waals surface area contributed by atoms with Crippen LogP contribution in [0.25, 0.3) is 0 Å². The molecule has 7 nitrogen and oxygen atoms in total. The fraction of sp³-hybridized carbons (Fsp3) is 0.720. The molecule has 4 aliphatic carbocycles. The lowest BCUT2D eigenvalue weighted by molar-refractivity contribution is -0.146. The van der Waals surface area contributed by atoms with E-state index in [0.717, 1.165) is 49.9 Å². The summed E-state index contributed by atoms with van der Waals surface area (Å²) < 4.78 is 5.19. The van der Waals surface area contributed by atoms with Gasteiger partial charge in [-0.3, -0.25) is 14.4 Å². The van der Waals surface area contributed by atoms with Gasteiger partial charge in [0, 0.05) is 37.5 Å². The summed E-state index contributed by atoms with van der Waals surface area (Å²) in [5.41, 5.74) is -0.113. The van der Waals surface area contributed by atoms with Crippen molar-refractivity contribution in [3.8, 4) is 0 Å². The molecular weight excluding hydrogens is 406 g/mol. The van der Waals surface area contributed by atoms with Crippen molar-refractivity contribution in [2.24, 2.45) is 23.2 Å². The van der Waals surface area contributed by atoms with Gasteiger partial charge in [-0.2, -0.15) is 0 Å². The van der Waals surface area contributed by atoms with E-state index in [2.05, 4.69) is 10.6 Å². The first-order valence-corrected chi connectivity index (χ1v) is 12.4. The van der Waals surface area contributed by atoms with Crippen LogP contribution in [-0.4, -0.2) is 48.3 Å². The second-order valence-electron chi connectivity index (χ2n) is 10.7. The third-order valence-electron chi connectivity index (χ3n) is 8.27. The minimum absolute atomic E-state index is 0.0323. The zero-order valence-corrected chi connectivity index (χ0v) is 18.8. The highest BCUT2D eigenvalue weighted by molar-refractivity contribution is 5.91. The van der Waals surface area contributed by atoms with Gasteiger partial charge in [-0.05, 0) is 87.7 Å². The predicted molar refractivity (Wildman–Crippen MR) is 119 cm³/mol. The maximum atomic E-state index is 13.0. The van der Waals surface area contributed by atoms with Crippen LogP contribution in [0.4, 0.5) is 0 Å². The molecule has 0 atom stereocenters. The van der Waals surface area contributed by atoms with Gasteiger partial charge in [-0.25, -0.2) is 0 Å². The zero-order valence-electron chi connectivity index (χ0n) is 18.8. The summed E-state index contributed by atoms with van der Waals surface area (Å²) in [6.45, 7) is 1.81. The molecule has 1 aromatic heterocycles. The molecule has 2 N–H and O–H groups in total. The second-order valence-corrected chi connectivity index (χ2v) is 10.7. The summed E-state index contributed by atoms with van der Waals surface area (Å²) in [6, 6.07) is 3.49. The maximum absolute atomic E-state index is 13.0. The van der Waals surface area contributed by atoms with Crippen LogP contribution in [0.15, 0.2) is 22.8 Å². The van der Waals surface area contributed by atoms with Gasteiger partial charge >= 0.3 is 0 Å². The summed E-state index contributed by atoms with van der Waals surface area (Å²) in [6.07, 6.45) is 11.3. The number of furan rings is 1. The molecule has 0 spiro atoms. The van der Waals surface area contributed by atoms with E-state index in [1.165, 1.54) is 25.5 Å². The molecule has 1 aliphatic heterocycles. The largest absolute Gasteiger partial charge is 0.459 e. The van der Waals surface area contributed by atoms with E-state index in [9.17, 15) is 14.4 Å². The minimum Gasteiger partial charge on any atom is -0.459 e. The van der Waals surface area contributed by atoms with Gasteiger partial charge < -0.3 is 20.0 Å². The molecule has 174 valence electrons. The van der Waals surface area contributed by atoms with Gasteiger partial charge in [-0.1, -0.05) is 0 Å². The molecule has 3 amide bonds. The fourth-order valence-corrected chi connectivity index (χ4v) is 7.11. The molecule has 6 rings (SSSR count). The molecule has 4 bridgehead atoms. The quantitative estimate of drug-likeness (QED) is 0.636. The van der Waals surface area contributed by atoms with Gasteiger partial charge in [0.1, 0.15) is 0 Å². The monoisotopic (exact) mass is 441 g/mol. The summed E-state index contributed by atoms with van der Waals surface area (Å²) in [4.78, 5) is 39.4. The number of amides is 3. The molecule has 5 aliphatic rings. The van der Waals surface area contributed by atoms with Crippen molar-refractivity contribution in [2.75, 3.05) is 19.6 Å². The number of hydrogen-bond acceptors (Lipinski definition) is 4. The van der Waals surface area contributed by atoms with E-state index < -0.39 is 0 Å². The number of nitrogens with zero attached hydrogens (tertiary/aromatic N) is 1. The lowest BCUT2D eigenvalue weighted by atomic mass is 9.49. The molecule has 4 saturated carbocycles. The van der Waals surface area contributed by atoms with Crippen LogP contribution in [0.2, 0.25) is 0 Å². The van der Waals surface area contributed by atoms with Crippen molar-refractivity contribution in [2.45, 2.75) is 70.3 Å². The lowest BCUT2D eigenvalue weighted by Crippen LogP contribution is -2.53. The van der Waals surface area contributed by atoms with Crippen LogP contribution in [0.5, 0.6) is 0 Å². The normalized spacial score (nSPS) is 31.5. The zero-order chi connectivity index (χ0) is 22.1.